The number of aryl methyl sites for hydroxylation is 1. The van der Waals surface area contributed by atoms with Crippen LogP contribution in [-0.2, 0) is 0 Å². The topological polar surface area (TPSA) is 46.2 Å². The molecule has 0 saturated carbocycles. The summed E-state index contributed by atoms with van der Waals surface area (Å²) in [4.78, 5) is 0. The van der Waals surface area contributed by atoms with Crippen molar-refractivity contribution in [1.82, 2.24) is 0 Å². The van der Waals surface area contributed by atoms with Gasteiger partial charge >= 0.3 is 0 Å². The van der Waals surface area contributed by atoms with Gasteiger partial charge in [-0.25, -0.2) is 0 Å². The zero-order valence-corrected chi connectivity index (χ0v) is 11.2. The van der Waals surface area contributed by atoms with Gasteiger partial charge in [0.15, 0.2) is 0 Å². The van der Waals surface area contributed by atoms with Crippen molar-refractivity contribution in [3.05, 3.63) is 39.9 Å². The number of aromatic hydroxyl groups is 1. The van der Waals surface area contributed by atoms with E-state index in [1.54, 1.807) is 12.1 Å². The Hall–Kier alpha value is -0.510. The fourth-order valence-corrected chi connectivity index (χ4v) is 1.82. The number of phenolic OH excluding ortho intramolecular Hbond substituents is 1. The molecule has 0 radical (unpaired) electrons. The number of hydrogen-bond acceptors (Lipinski definition) is 2. The maximum absolute atomic E-state index is 9.75. The molecule has 1 rings (SSSR count). The predicted octanol–water partition coefficient (Wildman–Crippen LogP) is 3.38. The molecule has 0 unspecified atom stereocenters. The molecule has 1 aromatic carbocycles. The summed E-state index contributed by atoms with van der Waals surface area (Å²) in [7, 11) is 0. The van der Waals surface area contributed by atoms with Crippen LogP contribution in [0.25, 0.3) is 0 Å². The molecule has 0 bridgehead atoms. The number of rotatable bonds is 2. The Kier molecular flexibility index (Phi) is 5.35. The summed E-state index contributed by atoms with van der Waals surface area (Å²) in [5.74, 6) is 0.232. The summed E-state index contributed by atoms with van der Waals surface area (Å²) >= 11 is 3.46. The summed E-state index contributed by atoms with van der Waals surface area (Å²) in [5.41, 5.74) is 8.52. The van der Waals surface area contributed by atoms with Crippen molar-refractivity contribution in [1.29, 1.82) is 0 Å². The molecule has 2 nitrogen and oxygen atoms in total. The lowest BCUT2D eigenvalue weighted by molar-refractivity contribution is 0.464. The van der Waals surface area contributed by atoms with Crippen LogP contribution in [0.1, 0.15) is 22.7 Å². The van der Waals surface area contributed by atoms with Crippen LogP contribution >= 0.6 is 28.3 Å². The molecule has 0 spiro atoms. The molecule has 0 amide bonds. The number of halogens is 2. The Bertz CT molecular complexity index is 379. The minimum atomic E-state index is -0.327. The Morgan fingerprint density at radius 3 is 2.53 bits per heavy atom. The van der Waals surface area contributed by atoms with E-state index in [0.29, 0.717) is 0 Å². The molecule has 84 valence electrons. The van der Waals surface area contributed by atoms with Gasteiger partial charge in [-0.15, -0.1) is 19.0 Å². The third-order valence-corrected chi connectivity index (χ3v) is 3.52. The van der Waals surface area contributed by atoms with Gasteiger partial charge in [0.25, 0.3) is 0 Å². The standard InChI is InChI=1S/C11H14BrNO.ClH/c1-4-8(13)10-7(3)11(12)6(2)5-9(10)14;/h4-5,8,14H,1,13H2,2-3H3;1H/t8-;/m1./s1. The van der Waals surface area contributed by atoms with Crippen LogP contribution in [0, 0.1) is 13.8 Å². The molecule has 0 heterocycles. The van der Waals surface area contributed by atoms with E-state index in [9.17, 15) is 5.11 Å². The maximum atomic E-state index is 9.75. The molecule has 1 atom stereocenters. The van der Waals surface area contributed by atoms with Crippen molar-refractivity contribution in [2.24, 2.45) is 5.73 Å². The first-order valence-corrected chi connectivity index (χ1v) is 5.15. The summed E-state index contributed by atoms with van der Waals surface area (Å²) in [6, 6.07) is 1.38. The fraction of sp³-hybridized carbons (Fsp3) is 0.273. The lowest BCUT2D eigenvalue weighted by Gasteiger charge is -2.15. The minimum Gasteiger partial charge on any atom is -0.508 e. The Labute approximate surface area is 105 Å². The molecule has 0 fully saturated rings. The number of phenols is 1. The zero-order valence-electron chi connectivity index (χ0n) is 8.75. The van der Waals surface area contributed by atoms with Crippen LogP contribution in [0.3, 0.4) is 0 Å². The first kappa shape index (κ1) is 14.5. The predicted molar refractivity (Wildman–Crippen MR) is 69.7 cm³/mol. The third kappa shape index (κ3) is 2.74. The van der Waals surface area contributed by atoms with Crippen LogP contribution in [0.4, 0.5) is 0 Å². The summed E-state index contributed by atoms with van der Waals surface area (Å²) in [5, 5.41) is 9.75. The molecule has 15 heavy (non-hydrogen) atoms. The molecular formula is C11H15BrClNO. The number of hydrogen-bond donors (Lipinski definition) is 2. The van der Waals surface area contributed by atoms with Gasteiger partial charge in [-0.1, -0.05) is 22.0 Å². The molecular weight excluding hydrogens is 277 g/mol. The molecule has 0 aliphatic rings. The second-order valence-electron chi connectivity index (χ2n) is 3.33. The van der Waals surface area contributed by atoms with Crippen LogP contribution in [0.5, 0.6) is 5.75 Å². The van der Waals surface area contributed by atoms with Crippen molar-refractivity contribution < 1.29 is 5.11 Å². The number of benzene rings is 1. The maximum Gasteiger partial charge on any atom is 0.121 e. The van der Waals surface area contributed by atoms with Crippen LogP contribution in [-0.4, -0.2) is 5.11 Å². The summed E-state index contributed by atoms with van der Waals surface area (Å²) < 4.78 is 0.989. The highest BCUT2D eigenvalue weighted by Gasteiger charge is 2.14. The summed E-state index contributed by atoms with van der Waals surface area (Å²) in [6.45, 7) is 7.48. The normalized spacial score (nSPS) is 11.7. The Morgan fingerprint density at radius 2 is 2.07 bits per heavy atom. The quantitative estimate of drug-likeness (QED) is 0.821. The van der Waals surface area contributed by atoms with Gasteiger partial charge in [0.2, 0.25) is 0 Å². The van der Waals surface area contributed by atoms with Crippen molar-refractivity contribution in [3.8, 4) is 5.75 Å². The Balaban J connectivity index is 0.00000196. The van der Waals surface area contributed by atoms with Gasteiger partial charge < -0.3 is 10.8 Å². The average molecular weight is 293 g/mol. The molecule has 4 heteroatoms. The highest BCUT2D eigenvalue weighted by Crippen LogP contribution is 2.34. The van der Waals surface area contributed by atoms with Crippen molar-refractivity contribution in [2.75, 3.05) is 0 Å². The second kappa shape index (κ2) is 5.54. The van der Waals surface area contributed by atoms with Gasteiger partial charge in [0, 0.05) is 10.0 Å². The lowest BCUT2D eigenvalue weighted by atomic mass is 9.98. The van der Waals surface area contributed by atoms with E-state index < -0.39 is 0 Å². The first-order chi connectivity index (χ1) is 6.49. The summed E-state index contributed by atoms with van der Waals surface area (Å²) in [6.07, 6.45) is 1.61. The smallest absolute Gasteiger partial charge is 0.121 e. The minimum absolute atomic E-state index is 0. The molecule has 0 aromatic heterocycles. The van der Waals surface area contributed by atoms with E-state index in [4.69, 9.17) is 5.73 Å². The van der Waals surface area contributed by atoms with E-state index in [1.807, 2.05) is 13.8 Å². The lowest BCUT2D eigenvalue weighted by Crippen LogP contribution is -2.09. The molecule has 1 aromatic rings. The van der Waals surface area contributed by atoms with Crippen LogP contribution in [0.2, 0.25) is 0 Å². The van der Waals surface area contributed by atoms with E-state index in [0.717, 1.165) is 21.2 Å². The van der Waals surface area contributed by atoms with E-state index in [1.165, 1.54) is 0 Å². The van der Waals surface area contributed by atoms with Gasteiger partial charge in [-0.05, 0) is 31.0 Å². The van der Waals surface area contributed by atoms with Gasteiger partial charge in [0.05, 0.1) is 6.04 Å². The molecule has 0 aliphatic heterocycles. The number of nitrogens with two attached hydrogens (primary N) is 1. The van der Waals surface area contributed by atoms with Crippen molar-refractivity contribution >= 4 is 28.3 Å². The average Bonchev–Trinajstić information content (AvgIpc) is 2.14. The zero-order chi connectivity index (χ0) is 10.9. The van der Waals surface area contributed by atoms with E-state index >= 15 is 0 Å². The monoisotopic (exact) mass is 291 g/mol. The SMILES string of the molecule is C=C[C@@H](N)c1c(O)cc(C)c(Br)c1C.Cl. The van der Waals surface area contributed by atoms with Gasteiger partial charge in [-0.2, -0.15) is 0 Å². The highest BCUT2D eigenvalue weighted by atomic mass is 79.9. The van der Waals surface area contributed by atoms with Crippen molar-refractivity contribution in [3.63, 3.8) is 0 Å². The van der Waals surface area contributed by atoms with Crippen molar-refractivity contribution in [2.45, 2.75) is 19.9 Å². The second-order valence-corrected chi connectivity index (χ2v) is 4.12. The fourth-order valence-electron chi connectivity index (χ4n) is 1.49. The van der Waals surface area contributed by atoms with Crippen LogP contribution < -0.4 is 5.73 Å². The highest BCUT2D eigenvalue weighted by molar-refractivity contribution is 9.10. The van der Waals surface area contributed by atoms with E-state index in [-0.39, 0.29) is 24.2 Å². The first-order valence-electron chi connectivity index (χ1n) is 4.35. The van der Waals surface area contributed by atoms with Crippen LogP contribution in [0.15, 0.2) is 23.2 Å². The van der Waals surface area contributed by atoms with Gasteiger partial charge in [0.1, 0.15) is 5.75 Å². The molecule has 3 N–H and O–H groups in total. The van der Waals surface area contributed by atoms with Gasteiger partial charge in [-0.3, -0.25) is 0 Å². The molecule has 0 saturated heterocycles. The van der Waals surface area contributed by atoms with E-state index in [2.05, 4.69) is 22.5 Å². The third-order valence-electron chi connectivity index (χ3n) is 2.30. The molecule has 0 aliphatic carbocycles. The largest absolute Gasteiger partial charge is 0.508 e. The Morgan fingerprint density at radius 1 is 1.53 bits per heavy atom.